The first-order valence-corrected chi connectivity index (χ1v) is 12.7. The number of ether oxygens (including phenoxy) is 1. The van der Waals surface area contributed by atoms with Crippen molar-refractivity contribution in [1.29, 1.82) is 0 Å². The van der Waals surface area contributed by atoms with Gasteiger partial charge >= 0.3 is 5.69 Å². The second-order valence-corrected chi connectivity index (χ2v) is 9.72. The molecular formula is C27H36N6O2. The van der Waals surface area contributed by atoms with Gasteiger partial charge in [-0.25, -0.2) is 14.0 Å². The second kappa shape index (κ2) is 11.1. The lowest BCUT2D eigenvalue weighted by Crippen LogP contribution is -2.44. The topological polar surface area (TPSA) is 58.8 Å². The molecule has 0 saturated carbocycles. The van der Waals surface area contributed by atoms with Crippen LogP contribution in [0.5, 0.6) is 5.75 Å². The number of hydrogen-bond donors (Lipinski definition) is 0. The van der Waals surface area contributed by atoms with Gasteiger partial charge in [-0.05, 0) is 75.3 Å². The maximum atomic E-state index is 13.0. The maximum absolute atomic E-state index is 13.0. The van der Waals surface area contributed by atoms with Crippen molar-refractivity contribution in [3.63, 3.8) is 0 Å². The van der Waals surface area contributed by atoms with E-state index in [1.807, 2.05) is 42.5 Å². The van der Waals surface area contributed by atoms with Crippen molar-refractivity contribution in [2.24, 2.45) is 5.92 Å². The molecule has 0 aliphatic carbocycles. The van der Waals surface area contributed by atoms with Gasteiger partial charge < -0.3 is 14.5 Å². The van der Waals surface area contributed by atoms with E-state index in [4.69, 9.17) is 4.74 Å². The summed E-state index contributed by atoms with van der Waals surface area (Å²) in [5.74, 6) is 1.40. The summed E-state index contributed by atoms with van der Waals surface area (Å²) in [6, 6.07) is 18.2. The number of rotatable bonds is 8. The fourth-order valence-electron chi connectivity index (χ4n) is 4.97. The molecule has 2 aliphatic rings. The molecule has 186 valence electrons. The normalized spacial score (nSPS) is 18.1. The Balaban J connectivity index is 1.11. The zero-order valence-electron chi connectivity index (χ0n) is 20.6. The first-order valence-electron chi connectivity index (χ1n) is 12.7. The van der Waals surface area contributed by atoms with Gasteiger partial charge in [-0.1, -0.05) is 18.2 Å². The van der Waals surface area contributed by atoms with Gasteiger partial charge in [0, 0.05) is 45.0 Å². The Labute approximate surface area is 207 Å². The van der Waals surface area contributed by atoms with E-state index in [2.05, 4.69) is 39.0 Å². The van der Waals surface area contributed by atoms with E-state index in [9.17, 15) is 4.79 Å². The Morgan fingerprint density at radius 2 is 1.57 bits per heavy atom. The fourth-order valence-corrected chi connectivity index (χ4v) is 4.97. The second-order valence-electron chi connectivity index (χ2n) is 9.72. The molecule has 8 nitrogen and oxygen atoms in total. The SMILES string of the molecule is CN1CCN(c2ccc(-n3cnn(CC4CCN(CCOc5ccccc5)CC4)c3=O)cc2)CC1. The maximum Gasteiger partial charge on any atom is 0.350 e. The Hall–Kier alpha value is -3.10. The van der Waals surface area contributed by atoms with E-state index in [1.165, 1.54) is 5.69 Å². The molecule has 0 amide bonds. The number of likely N-dealkylation sites (tertiary alicyclic amines) is 1. The van der Waals surface area contributed by atoms with Gasteiger partial charge in [-0.3, -0.25) is 4.90 Å². The number of hydrogen-bond acceptors (Lipinski definition) is 6. The molecule has 0 atom stereocenters. The van der Waals surface area contributed by atoms with Gasteiger partial charge in [0.05, 0.1) is 5.69 Å². The average molecular weight is 477 g/mol. The number of piperidine rings is 1. The molecule has 5 rings (SSSR count). The Kier molecular flexibility index (Phi) is 7.49. The summed E-state index contributed by atoms with van der Waals surface area (Å²) >= 11 is 0. The summed E-state index contributed by atoms with van der Waals surface area (Å²) in [5, 5.41) is 4.43. The zero-order valence-corrected chi connectivity index (χ0v) is 20.6. The van der Waals surface area contributed by atoms with Crippen LogP contribution >= 0.6 is 0 Å². The molecule has 2 aliphatic heterocycles. The lowest BCUT2D eigenvalue weighted by molar-refractivity contribution is 0.145. The molecule has 1 aromatic heterocycles. The highest BCUT2D eigenvalue weighted by molar-refractivity contribution is 5.51. The summed E-state index contributed by atoms with van der Waals surface area (Å²) in [5.41, 5.74) is 2.02. The molecule has 0 unspecified atom stereocenters. The predicted octanol–water partition coefficient (Wildman–Crippen LogP) is 2.58. The number of anilines is 1. The van der Waals surface area contributed by atoms with Crippen LogP contribution in [0, 0.1) is 5.92 Å². The molecule has 2 aromatic carbocycles. The van der Waals surface area contributed by atoms with Crippen LogP contribution in [-0.2, 0) is 6.54 Å². The van der Waals surface area contributed by atoms with E-state index < -0.39 is 0 Å². The number of nitrogens with zero attached hydrogens (tertiary/aromatic N) is 6. The van der Waals surface area contributed by atoms with Crippen molar-refractivity contribution in [3.05, 3.63) is 71.4 Å². The molecule has 8 heteroatoms. The average Bonchev–Trinajstić information content (AvgIpc) is 3.26. The van der Waals surface area contributed by atoms with Crippen molar-refractivity contribution in [1.82, 2.24) is 24.1 Å². The summed E-state index contributed by atoms with van der Waals surface area (Å²) in [6.45, 7) is 8.60. The number of aromatic nitrogens is 3. The molecule has 3 aromatic rings. The molecule has 0 N–H and O–H groups in total. The summed E-state index contributed by atoms with van der Waals surface area (Å²) in [6.07, 6.45) is 3.80. The van der Waals surface area contributed by atoms with Gasteiger partial charge in [0.1, 0.15) is 18.7 Å². The van der Waals surface area contributed by atoms with E-state index in [0.717, 1.165) is 70.1 Å². The van der Waals surface area contributed by atoms with E-state index in [1.54, 1.807) is 15.6 Å². The lowest BCUT2D eigenvalue weighted by atomic mass is 9.97. The summed E-state index contributed by atoms with van der Waals surface area (Å²) in [4.78, 5) is 20.2. The van der Waals surface area contributed by atoms with Crippen LogP contribution in [0.25, 0.3) is 5.69 Å². The Morgan fingerprint density at radius 1 is 0.886 bits per heavy atom. The highest BCUT2D eigenvalue weighted by Crippen LogP contribution is 2.20. The van der Waals surface area contributed by atoms with Crippen LogP contribution in [0.3, 0.4) is 0 Å². The van der Waals surface area contributed by atoms with Gasteiger partial charge in [-0.15, -0.1) is 0 Å². The minimum absolute atomic E-state index is 0.0592. The van der Waals surface area contributed by atoms with Crippen LogP contribution in [0.4, 0.5) is 5.69 Å². The third kappa shape index (κ3) is 5.94. The van der Waals surface area contributed by atoms with Crippen molar-refractivity contribution in [2.75, 3.05) is 64.4 Å². The fraction of sp³-hybridized carbons (Fsp3) is 0.481. The van der Waals surface area contributed by atoms with Gasteiger partial charge in [-0.2, -0.15) is 5.10 Å². The molecule has 0 bridgehead atoms. The van der Waals surface area contributed by atoms with Crippen LogP contribution in [0.1, 0.15) is 12.8 Å². The molecule has 3 heterocycles. The van der Waals surface area contributed by atoms with E-state index in [0.29, 0.717) is 19.1 Å². The third-order valence-corrected chi connectivity index (χ3v) is 7.29. The third-order valence-electron chi connectivity index (χ3n) is 7.29. The quantitative estimate of drug-likeness (QED) is 0.498. The molecule has 35 heavy (non-hydrogen) atoms. The van der Waals surface area contributed by atoms with Crippen molar-refractivity contribution in [3.8, 4) is 11.4 Å². The van der Waals surface area contributed by atoms with E-state index >= 15 is 0 Å². The number of piperazine rings is 1. The minimum atomic E-state index is -0.0592. The summed E-state index contributed by atoms with van der Waals surface area (Å²) < 4.78 is 9.12. The zero-order chi connectivity index (χ0) is 24.0. The predicted molar refractivity (Wildman–Crippen MR) is 139 cm³/mol. The standard InChI is InChI=1S/C27H36N6O2/c1-29-15-17-31(18-16-29)24-7-9-25(10-8-24)32-22-28-33(27(32)34)21-23-11-13-30(14-12-23)19-20-35-26-5-3-2-4-6-26/h2-10,22-23H,11-21H2,1H3. The minimum Gasteiger partial charge on any atom is -0.492 e. The van der Waals surface area contributed by atoms with Crippen LogP contribution < -0.4 is 15.3 Å². The molecule has 0 spiro atoms. The highest BCUT2D eigenvalue weighted by atomic mass is 16.5. The lowest BCUT2D eigenvalue weighted by Gasteiger charge is -2.34. The number of likely N-dealkylation sites (N-methyl/N-ethyl adjacent to an activating group) is 1. The van der Waals surface area contributed by atoms with Gasteiger partial charge in [0.2, 0.25) is 0 Å². The number of para-hydroxylation sites is 1. The summed E-state index contributed by atoms with van der Waals surface area (Å²) in [7, 11) is 2.16. The van der Waals surface area contributed by atoms with Crippen molar-refractivity contribution in [2.45, 2.75) is 19.4 Å². The van der Waals surface area contributed by atoms with E-state index in [-0.39, 0.29) is 5.69 Å². The largest absolute Gasteiger partial charge is 0.492 e. The molecule has 2 saturated heterocycles. The smallest absolute Gasteiger partial charge is 0.350 e. The highest BCUT2D eigenvalue weighted by Gasteiger charge is 2.21. The van der Waals surface area contributed by atoms with Crippen LogP contribution in [-0.4, -0.2) is 83.6 Å². The first kappa shape index (κ1) is 23.6. The van der Waals surface area contributed by atoms with Crippen molar-refractivity contribution < 1.29 is 4.74 Å². The first-order chi connectivity index (χ1) is 17.2. The van der Waals surface area contributed by atoms with Crippen LogP contribution in [0.15, 0.2) is 65.7 Å². The van der Waals surface area contributed by atoms with Crippen LogP contribution in [0.2, 0.25) is 0 Å². The molecular weight excluding hydrogens is 440 g/mol. The monoisotopic (exact) mass is 476 g/mol. The molecule has 0 radical (unpaired) electrons. The Bertz CT molecular complexity index is 1110. The van der Waals surface area contributed by atoms with Gasteiger partial charge in [0.15, 0.2) is 0 Å². The van der Waals surface area contributed by atoms with Gasteiger partial charge in [0.25, 0.3) is 0 Å². The Morgan fingerprint density at radius 3 is 2.29 bits per heavy atom. The van der Waals surface area contributed by atoms with Crippen molar-refractivity contribution >= 4 is 5.69 Å². The number of benzene rings is 2. The molecule has 2 fully saturated rings.